The minimum atomic E-state index is -4.72. The van der Waals surface area contributed by atoms with Crippen molar-refractivity contribution in [2.24, 2.45) is 0 Å². The molecule has 150 valence electrons. The number of hydrogen-bond acceptors (Lipinski definition) is 4. The Kier molecular flexibility index (Phi) is 5.42. The zero-order valence-electron chi connectivity index (χ0n) is 15.7. The summed E-state index contributed by atoms with van der Waals surface area (Å²) in [5.41, 5.74) is -0.816. The minimum Gasteiger partial charge on any atom is -0.302 e. The molecule has 0 aromatic carbocycles. The topological polar surface area (TPSA) is 68.5 Å². The first-order valence-corrected chi connectivity index (χ1v) is 9.37. The number of pyridine rings is 1. The monoisotopic (exact) mass is 411 g/mol. The molecular formula is C18H20F3N5OS. The molecule has 0 aliphatic heterocycles. The van der Waals surface area contributed by atoms with Gasteiger partial charge in [0.1, 0.15) is 5.65 Å². The van der Waals surface area contributed by atoms with E-state index in [1.54, 1.807) is 17.8 Å². The van der Waals surface area contributed by atoms with Crippen LogP contribution in [0.4, 0.5) is 13.2 Å². The van der Waals surface area contributed by atoms with E-state index in [9.17, 15) is 18.0 Å². The average molecular weight is 411 g/mol. The van der Waals surface area contributed by atoms with E-state index in [1.165, 1.54) is 4.57 Å². The van der Waals surface area contributed by atoms with E-state index in [2.05, 4.69) is 15.1 Å². The van der Waals surface area contributed by atoms with Crippen molar-refractivity contribution in [2.45, 2.75) is 52.9 Å². The summed E-state index contributed by atoms with van der Waals surface area (Å²) in [6, 6.07) is 0.912. The van der Waals surface area contributed by atoms with Crippen molar-refractivity contribution in [3.8, 4) is 11.3 Å². The van der Waals surface area contributed by atoms with Crippen molar-refractivity contribution in [3.05, 3.63) is 38.6 Å². The zero-order valence-corrected chi connectivity index (χ0v) is 16.5. The highest BCUT2D eigenvalue weighted by molar-refractivity contribution is 7.71. The lowest BCUT2D eigenvalue weighted by Gasteiger charge is -2.15. The van der Waals surface area contributed by atoms with Gasteiger partial charge in [0, 0.05) is 24.8 Å². The first-order chi connectivity index (χ1) is 13.2. The lowest BCUT2D eigenvalue weighted by molar-refractivity contribution is -0.136. The van der Waals surface area contributed by atoms with Gasteiger partial charge in [-0.25, -0.2) is 4.98 Å². The number of aromatic nitrogens is 5. The summed E-state index contributed by atoms with van der Waals surface area (Å²) < 4.78 is 44.6. The van der Waals surface area contributed by atoms with Crippen LogP contribution in [0.1, 0.15) is 37.9 Å². The Labute approximate surface area is 164 Å². The maximum atomic E-state index is 13.8. The quantitative estimate of drug-likeness (QED) is 0.629. The molecule has 0 radical (unpaired) electrons. The van der Waals surface area contributed by atoms with Crippen LogP contribution in [0.15, 0.2) is 17.1 Å². The number of aromatic amines is 1. The van der Waals surface area contributed by atoms with Crippen LogP contribution in [-0.2, 0) is 19.3 Å². The molecule has 0 saturated carbocycles. The Morgan fingerprint density at radius 3 is 2.57 bits per heavy atom. The third-order valence-corrected chi connectivity index (χ3v) is 4.86. The van der Waals surface area contributed by atoms with Gasteiger partial charge < -0.3 is 4.57 Å². The standard InChI is InChI=1S/C18H20F3N5OS/c1-4-6-7-26-15-14(16(27)23-17(26)28)12(18(19,20)21)8-13(22-15)11-9-25(5-2)24-10(11)3/h8-9H,4-7H2,1-3H3,(H,23,27,28). The van der Waals surface area contributed by atoms with Crippen LogP contribution in [0.2, 0.25) is 0 Å². The average Bonchev–Trinajstić information content (AvgIpc) is 3.00. The first-order valence-electron chi connectivity index (χ1n) is 8.96. The van der Waals surface area contributed by atoms with Crippen molar-refractivity contribution >= 4 is 23.3 Å². The number of alkyl halides is 3. The van der Waals surface area contributed by atoms with E-state index in [0.717, 1.165) is 12.5 Å². The Balaban J connectivity index is 2.43. The van der Waals surface area contributed by atoms with Gasteiger partial charge in [0.25, 0.3) is 5.56 Å². The van der Waals surface area contributed by atoms with Crippen molar-refractivity contribution in [3.63, 3.8) is 0 Å². The molecule has 0 spiro atoms. The number of unbranched alkanes of at least 4 members (excludes halogenated alkanes) is 1. The summed E-state index contributed by atoms with van der Waals surface area (Å²) in [7, 11) is 0. The van der Waals surface area contributed by atoms with E-state index in [-0.39, 0.29) is 16.1 Å². The predicted octanol–water partition coefficient (Wildman–Crippen LogP) is 4.46. The van der Waals surface area contributed by atoms with Crippen molar-refractivity contribution in [2.75, 3.05) is 0 Å². The molecule has 0 fully saturated rings. The van der Waals surface area contributed by atoms with Crippen LogP contribution in [0.3, 0.4) is 0 Å². The second-order valence-corrected chi connectivity index (χ2v) is 6.89. The van der Waals surface area contributed by atoms with Crippen LogP contribution in [0, 0.1) is 11.7 Å². The highest BCUT2D eigenvalue weighted by Crippen LogP contribution is 2.36. The smallest absolute Gasteiger partial charge is 0.302 e. The van der Waals surface area contributed by atoms with Crippen molar-refractivity contribution in [1.29, 1.82) is 0 Å². The normalized spacial score (nSPS) is 12.1. The number of halogens is 3. The summed E-state index contributed by atoms with van der Waals surface area (Å²) in [6.07, 6.45) is -1.56. The highest BCUT2D eigenvalue weighted by Gasteiger charge is 2.35. The van der Waals surface area contributed by atoms with Crippen LogP contribution in [-0.4, -0.2) is 24.3 Å². The minimum absolute atomic E-state index is 0.0596. The van der Waals surface area contributed by atoms with Crippen LogP contribution < -0.4 is 5.56 Å². The van der Waals surface area contributed by atoms with Gasteiger partial charge in [-0.1, -0.05) is 13.3 Å². The summed E-state index contributed by atoms with van der Waals surface area (Å²) in [4.78, 5) is 19.1. The van der Waals surface area contributed by atoms with E-state index in [1.807, 2.05) is 13.8 Å². The Morgan fingerprint density at radius 2 is 2.00 bits per heavy atom. The van der Waals surface area contributed by atoms with E-state index < -0.39 is 22.7 Å². The number of hydrogen-bond donors (Lipinski definition) is 1. The molecule has 3 aromatic rings. The van der Waals surface area contributed by atoms with Crippen LogP contribution in [0.5, 0.6) is 0 Å². The molecule has 3 heterocycles. The SMILES string of the molecule is CCCCn1c(=S)[nH]c(=O)c2c(C(F)(F)F)cc(-c3cn(CC)nc3C)nc21. The Bertz CT molecular complexity index is 1140. The maximum absolute atomic E-state index is 13.8. The predicted molar refractivity (Wildman–Crippen MR) is 103 cm³/mol. The molecule has 10 heteroatoms. The molecule has 0 aliphatic rings. The van der Waals surface area contributed by atoms with Crippen molar-refractivity contribution in [1.82, 2.24) is 24.3 Å². The van der Waals surface area contributed by atoms with Gasteiger partial charge in [-0.15, -0.1) is 0 Å². The van der Waals surface area contributed by atoms with Gasteiger partial charge in [0.05, 0.1) is 22.3 Å². The van der Waals surface area contributed by atoms with E-state index >= 15 is 0 Å². The molecule has 1 N–H and O–H groups in total. The molecule has 0 bridgehead atoms. The second-order valence-electron chi connectivity index (χ2n) is 6.50. The number of nitrogens with zero attached hydrogens (tertiary/aromatic N) is 4. The fourth-order valence-corrected chi connectivity index (χ4v) is 3.36. The number of rotatable bonds is 5. The van der Waals surface area contributed by atoms with Crippen LogP contribution >= 0.6 is 12.2 Å². The van der Waals surface area contributed by atoms with Crippen LogP contribution in [0.25, 0.3) is 22.3 Å². The summed E-state index contributed by atoms with van der Waals surface area (Å²) in [5.74, 6) is 0. The fourth-order valence-electron chi connectivity index (χ4n) is 3.09. The van der Waals surface area contributed by atoms with E-state index in [0.29, 0.717) is 30.8 Å². The number of fused-ring (bicyclic) bond motifs is 1. The van der Waals surface area contributed by atoms with Gasteiger partial charge in [-0.05, 0) is 38.6 Å². The molecule has 0 unspecified atom stereocenters. The highest BCUT2D eigenvalue weighted by atomic mass is 32.1. The summed E-state index contributed by atoms with van der Waals surface area (Å²) in [6.45, 7) is 6.49. The molecule has 0 atom stereocenters. The number of aryl methyl sites for hydroxylation is 3. The second kappa shape index (κ2) is 7.50. The molecule has 28 heavy (non-hydrogen) atoms. The summed E-state index contributed by atoms with van der Waals surface area (Å²) >= 11 is 5.20. The molecule has 3 aromatic heterocycles. The lowest BCUT2D eigenvalue weighted by atomic mass is 10.1. The van der Waals surface area contributed by atoms with Gasteiger partial charge in [0.15, 0.2) is 4.77 Å². The molecular weight excluding hydrogens is 391 g/mol. The lowest BCUT2D eigenvalue weighted by Crippen LogP contribution is -2.21. The van der Waals surface area contributed by atoms with E-state index in [4.69, 9.17) is 12.2 Å². The largest absolute Gasteiger partial charge is 0.417 e. The van der Waals surface area contributed by atoms with Gasteiger partial charge >= 0.3 is 6.18 Å². The fraction of sp³-hybridized carbons (Fsp3) is 0.444. The number of nitrogens with one attached hydrogen (secondary N) is 1. The third kappa shape index (κ3) is 3.60. The van der Waals surface area contributed by atoms with Gasteiger partial charge in [0.2, 0.25) is 0 Å². The maximum Gasteiger partial charge on any atom is 0.417 e. The molecule has 6 nitrogen and oxygen atoms in total. The Hall–Kier alpha value is -2.49. The van der Waals surface area contributed by atoms with Crippen molar-refractivity contribution < 1.29 is 13.2 Å². The number of H-pyrrole nitrogens is 1. The van der Waals surface area contributed by atoms with Gasteiger partial charge in [-0.2, -0.15) is 18.3 Å². The summed E-state index contributed by atoms with van der Waals surface area (Å²) in [5, 5.41) is 3.79. The molecule has 3 rings (SSSR count). The molecule has 0 saturated heterocycles. The third-order valence-electron chi connectivity index (χ3n) is 4.54. The Morgan fingerprint density at radius 1 is 1.29 bits per heavy atom. The zero-order chi connectivity index (χ0) is 20.6. The first kappa shape index (κ1) is 20.2. The molecule has 0 amide bonds. The molecule has 0 aliphatic carbocycles. The van der Waals surface area contributed by atoms with Gasteiger partial charge in [-0.3, -0.25) is 14.5 Å².